The van der Waals surface area contributed by atoms with Crippen molar-refractivity contribution in [2.75, 3.05) is 0 Å². The second-order valence-electron chi connectivity index (χ2n) is 4.27. The maximum Gasteiger partial charge on any atom is 0.129 e. The first kappa shape index (κ1) is 14.0. The molecule has 0 saturated carbocycles. The van der Waals surface area contributed by atoms with E-state index >= 15 is 0 Å². The van der Waals surface area contributed by atoms with E-state index in [9.17, 15) is 9.50 Å². The second kappa shape index (κ2) is 6.17. The first-order valence-electron chi connectivity index (χ1n) is 5.91. The van der Waals surface area contributed by atoms with E-state index in [-0.39, 0.29) is 12.4 Å². The van der Waals surface area contributed by atoms with Crippen molar-refractivity contribution in [2.24, 2.45) is 0 Å². The first-order chi connectivity index (χ1) is 9.06. The monoisotopic (exact) mass is 324 g/mol. The van der Waals surface area contributed by atoms with Crippen molar-refractivity contribution in [3.8, 4) is 5.75 Å². The summed E-state index contributed by atoms with van der Waals surface area (Å²) < 4.78 is 19.9. The van der Waals surface area contributed by atoms with E-state index in [0.717, 1.165) is 10.0 Å². The number of halogens is 2. The summed E-state index contributed by atoms with van der Waals surface area (Å²) in [6.45, 7) is 1.83. The first-order valence-corrected chi connectivity index (χ1v) is 6.70. The molecule has 100 valence electrons. The molecule has 0 fully saturated rings. The predicted molar refractivity (Wildman–Crippen MR) is 75.5 cm³/mol. The Bertz CT molecular complexity index is 570. The lowest BCUT2D eigenvalue weighted by atomic mass is 10.1. The number of rotatable bonds is 4. The molecule has 0 heterocycles. The lowest BCUT2D eigenvalue weighted by Gasteiger charge is -2.10. The Morgan fingerprint density at radius 2 is 2.05 bits per heavy atom. The molecule has 0 aromatic heterocycles. The summed E-state index contributed by atoms with van der Waals surface area (Å²) in [7, 11) is 0. The van der Waals surface area contributed by atoms with Crippen LogP contribution < -0.4 is 4.74 Å². The van der Waals surface area contributed by atoms with E-state index < -0.39 is 6.10 Å². The fraction of sp³-hybridized carbons (Fsp3) is 0.200. The molecule has 4 heteroatoms. The number of aliphatic hydroxyl groups excluding tert-OH is 1. The molecule has 0 aliphatic heterocycles. The van der Waals surface area contributed by atoms with Gasteiger partial charge in [-0.15, -0.1) is 0 Å². The molecule has 0 radical (unpaired) electrons. The van der Waals surface area contributed by atoms with Gasteiger partial charge in [0.2, 0.25) is 0 Å². The van der Waals surface area contributed by atoms with E-state index in [1.165, 1.54) is 6.07 Å². The third kappa shape index (κ3) is 3.78. The quantitative estimate of drug-likeness (QED) is 0.912. The smallest absolute Gasteiger partial charge is 0.129 e. The van der Waals surface area contributed by atoms with E-state index in [1.807, 2.05) is 6.07 Å². The third-order valence-electron chi connectivity index (χ3n) is 2.74. The standard InChI is InChI=1S/C15H14BrFO2/c1-10(18)11-3-2-4-14(8-11)19-9-12-7-13(16)5-6-15(12)17/h2-8,10,18H,9H2,1H3/t10-/m1/s1. The Morgan fingerprint density at radius 1 is 1.26 bits per heavy atom. The molecule has 0 spiro atoms. The van der Waals surface area contributed by atoms with Crippen molar-refractivity contribution < 1.29 is 14.2 Å². The fourth-order valence-electron chi connectivity index (χ4n) is 1.68. The van der Waals surface area contributed by atoms with Gasteiger partial charge in [0.15, 0.2) is 0 Å². The summed E-state index contributed by atoms with van der Waals surface area (Å²) in [6.07, 6.45) is -0.550. The van der Waals surface area contributed by atoms with Crippen LogP contribution in [0.25, 0.3) is 0 Å². The van der Waals surface area contributed by atoms with Gasteiger partial charge in [-0.2, -0.15) is 0 Å². The van der Waals surface area contributed by atoms with E-state index in [1.54, 1.807) is 37.3 Å². The highest BCUT2D eigenvalue weighted by Gasteiger charge is 2.06. The SMILES string of the molecule is C[C@@H](O)c1cccc(OCc2cc(Br)ccc2F)c1. The van der Waals surface area contributed by atoms with Crippen molar-refractivity contribution in [1.82, 2.24) is 0 Å². The maximum atomic E-state index is 13.5. The number of benzene rings is 2. The summed E-state index contributed by atoms with van der Waals surface area (Å²) in [5.74, 6) is 0.313. The van der Waals surface area contributed by atoms with E-state index in [4.69, 9.17) is 4.74 Å². The molecule has 0 aliphatic rings. The Hall–Kier alpha value is -1.39. The number of hydrogen-bond acceptors (Lipinski definition) is 2. The zero-order valence-corrected chi connectivity index (χ0v) is 12.0. The van der Waals surface area contributed by atoms with Gasteiger partial charge in [0.05, 0.1) is 6.10 Å². The molecule has 2 aromatic carbocycles. The van der Waals surface area contributed by atoms with Gasteiger partial charge >= 0.3 is 0 Å². The highest BCUT2D eigenvalue weighted by atomic mass is 79.9. The average Bonchev–Trinajstić information content (AvgIpc) is 2.40. The highest BCUT2D eigenvalue weighted by Crippen LogP contribution is 2.21. The minimum absolute atomic E-state index is 0.147. The molecule has 0 aliphatic carbocycles. The molecule has 0 bridgehead atoms. The predicted octanol–water partition coefficient (Wildman–Crippen LogP) is 4.22. The van der Waals surface area contributed by atoms with Crippen LogP contribution in [0.3, 0.4) is 0 Å². The summed E-state index contributed by atoms with van der Waals surface area (Å²) >= 11 is 3.30. The number of ether oxygens (including phenoxy) is 1. The van der Waals surface area contributed by atoms with Crippen LogP contribution in [0.1, 0.15) is 24.2 Å². The molecule has 2 nitrogen and oxygen atoms in total. The Kier molecular flexibility index (Phi) is 4.56. The topological polar surface area (TPSA) is 29.5 Å². The van der Waals surface area contributed by atoms with Crippen LogP contribution in [0.4, 0.5) is 4.39 Å². The maximum absolute atomic E-state index is 13.5. The van der Waals surface area contributed by atoms with Crippen LogP contribution in [-0.2, 0) is 6.61 Å². The largest absolute Gasteiger partial charge is 0.489 e. The second-order valence-corrected chi connectivity index (χ2v) is 5.19. The molecular formula is C15H14BrFO2. The van der Waals surface area contributed by atoms with Gasteiger partial charge in [-0.25, -0.2) is 4.39 Å². The summed E-state index contributed by atoms with van der Waals surface area (Å²) in [5.41, 5.74) is 1.25. The molecule has 1 N–H and O–H groups in total. The number of hydrogen-bond donors (Lipinski definition) is 1. The van der Waals surface area contributed by atoms with Gasteiger partial charge in [0.1, 0.15) is 18.2 Å². The summed E-state index contributed by atoms with van der Waals surface area (Å²) in [5, 5.41) is 9.49. The van der Waals surface area contributed by atoms with Crippen molar-refractivity contribution in [3.63, 3.8) is 0 Å². The molecule has 19 heavy (non-hydrogen) atoms. The zero-order chi connectivity index (χ0) is 13.8. The normalized spacial score (nSPS) is 12.2. The van der Waals surface area contributed by atoms with Crippen LogP contribution in [0, 0.1) is 5.82 Å². The van der Waals surface area contributed by atoms with Gasteiger partial charge in [-0.1, -0.05) is 28.1 Å². The van der Waals surface area contributed by atoms with Crippen LogP contribution >= 0.6 is 15.9 Å². The molecular weight excluding hydrogens is 311 g/mol. The molecule has 2 rings (SSSR count). The molecule has 0 unspecified atom stereocenters. The van der Waals surface area contributed by atoms with Gasteiger partial charge in [-0.05, 0) is 42.8 Å². The van der Waals surface area contributed by atoms with Crippen molar-refractivity contribution in [2.45, 2.75) is 19.6 Å². The van der Waals surface area contributed by atoms with Gasteiger partial charge in [0, 0.05) is 10.0 Å². The zero-order valence-electron chi connectivity index (χ0n) is 10.4. The third-order valence-corrected chi connectivity index (χ3v) is 3.24. The number of aliphatic hydroxyl groups is 1. The van der Waals surface area contributed by atoms with Gasteiger partial charge in [-0.3, -0.25) is 0 Å². The molecule has 1 atom stereocenters. The molecule has 2 aromatic rings. The Balaban J connectivity index is 2.10. The summed E-state index contributed by atoms with van der Waals surface area (Å²) in [6, 6.07) is 11.9. The van der Waals surface area contributed by atoms with Crippen molar-refractivity contribution >= 4 is 15.9 Å². The minimum Gasteiger partial charge on any atom is -0.489 e. The Morgan fingerprint density at radius 3 is 2.79 bits per heavy atom. The average molecular weight is 325 g/mol. The molecule has 0 saturated heterocycles. The van der Waals surface area contributed by atoms with Gasteiger partial charge < -0.3 is 9.84 Å². The minimum atomic E-state index is -0.550. The van der Waals surface area contributed by atoms with Gasteiger partial charge in [0.25, 0.3) is 0 Å². The van der Waals surface area contributed by atoms with Crippen LogP contribution in [0.15, 0.2) is 46.9 Å². The molecule has 0 amide bonds. The summed E-state index contributed by atoms with van der Waals surface area (Å²) in [4.78, 5) is 0. The lowest BCUT2D eigenvalue weighted by molar-refractivity contribution is 0.198. The highest BCUT2D eigenvalue weighted by molar-refractivity contribution is 9.10. The van der Waals surface area contributed by atoms with Crippen LogP contribution in [-0.4, -0.2) is 5.11 Å². The van der Waals surface area contributed by atoms with Crippen molar-refractivity contribution in [1.29, 1.82) is 0 Å². The lowest BCUT2D eigenvalue weighted by Crippen LogP contribution is -1.99. The van der Waals surface area contributed by atoms with E-state index in [0.29, 0.717) is 11.3 Å². The van der Waals surface area contributed by atoms with Crippen LogP contribution in [0.5, 0.6) is 5.75 Å². The van der Waals surface area contributed by atoms with Crippen molar-refractivity contribution in [3.05, 3.63) is 63.9 Å². The van der Waals surface area contributed by atoms with Crippen LogP contribution in [0.2, 0.25) is 0 Å². The van der Waals surface area contributed by atoms with E-state index in [2.05, 4.69) is 15.9 Å². The fourth-order valence-corrected chi connectivity index (χ4v) is 2.09. The Labute approximate surface area is 120 Å².